The van der Waals surface area contributed by atoms with Gasteiger partial charge in [0.05, 0.1) is 11.3 Å². The van der Waals surface area contributed by atoms with E-state index >= 15 is 0 Å². The lowest BCUT2D eigenvalue weighted by atomic mass is 9.89. The fourth-order valence-corrected chi connectivity index (χ4v) is 6.10. The first kappa shape index (κ1) is 30.7. The van der Waals surface area contributed by atoms with Crippen molar-refractivity contribution in [3.63, 3.8) is 0 Å². The van der Waals surface area contributed by atoms with Gasteiger partial charge in [0.1, 0.15) is 6.07 Å². The van der Waals surface area contributed by atoms with E-state index in [0.29, 0.717) is 11.5 Å². The molecule has 1 unspecified atom stereocenters. The number of hydrogen-bond donors (Lipinski definition) is 2. The van der Waals surface area contributed by atoms with Crippen LogP contribution in [-0.4, -0.2) is 11.5 Å². The van der Waals surface area contributed by atoms with Gasteiger partial charge in [0, 0.05) is 23.7 Å². The largest absolute Gasteiger partial charge is 0.383 e. The van der Waals surface area contributed by atoms with Gasteiger partial charge in [-0.15, -0.1) is 0 Å². The van der Waals surface area contributed by atoms with E-state index in [-0.39, 0.29) is 0 Å². The summed E-state index contributed by atoms with van der Waals surface area (Å²) in [4.78, 5) is 3.33. The quantitative estimate of drug-likeness (QED) is 0.195. The zero-order valence-corrected chi connectivity index (χ0v) is 25.9. The van der Waals surface area contributed by atoms with E-state index in [1.807, 2.05) is 18.3 Å². The zero-order chi connectivity index (χ0) is 30.4. The van der Waals surface area contributed by atoms with Crippen LogP contribution in [0, 0.1) is 29.1 Å². The Morgan fingerprint density at radius 1 is 1.02 bits per heavy atom. The molecule has 44 heavy (non-hydrogen) atoms. The van der Waals surface area contributed by atoms with E-state index in [9.17, 15) is 5.26 Å². The molecule has 0 aromatic carbocycles. The number of allylic oxidation sites excluding steroid dienone is 18. The summed E-state index contributed by atoms with van der Waals surface area (Å²) in [5.74, 6) is 6.97. The first-order valence-corrected chi connectivity index (χ1v) is 16.1. The van der Waals surface area contributed by atoms with Gasteiger partial charge in [0.2, 0.25) is 0 Å². The minimum atomic E-state index is 0.499. The van der Waals surface area contributed by atoms with Gasteiger partial charge in [-0.05, 0) is 111 Å². The average Bonchev–Trinajstić information content (AvgIpc) is 3.24. The molecule has 0 spiro atoms. The molecule has 0 aliphatic heterocycles. The fourth-order valence-electron chi connectivity index (χ4n) is 6.10. The molecule has 1 heterocycles. The van der Waals surface area contributed by atoms with E-state index in [2.05, 4.69) is 120 Å². The molecule has 1 atom stereocenters. The highest BCUT2D eigenvalue weighted by molar-refractivity contribution is 5.55. The second kappa shape index (κ2) is 16.2. The van der Waals surface area contributed by atoms with Gasteiger partial charge in [-0.2, -0.15) is 5.26 Å². The highest BCUT2D eigenvalue weighted by Gasteiger charge is 2.16. The molecule has 0 radical (unpaired) electrons. The first-order valence-electron chi connectivity index (χ1n) is 16.1. The van der Waals surface area contributed by atoms with Crippen LogP contribution in [0.4, 0.5) is 0 Å². The standard InChI is InChI=1S/C41H43N3/c1-32-36(25-26-40-39(32)28-30-43-40)27-29-44-41-37(19-11-12-20-38(41)31-42)24-23-35-18-10-9-17-34(21-22-35)16-8-4-7-15-33-13-5-2-3-6-14-33/h2-3,5-6,9,12-13,17,19-24,26,28,30,36,43-44H,4,7-8,11,14-16,25,27,29H2,1H3/b17-9+,22-21?,24-23+,34-17?,34-21-,35-22+. The maximum Gasteiger partial charge on any atom is 0.101 e. The van der Waals surface area contributed by atoms with Crippen molar-refractivity contribution in [2.24, 2.45) is 5.92 Å². The molecule has 4 aliphatic carbocycles. The SMILES string of the molecule is CC1=c2cc[nH]c2=CCC1CCNC1=C(C#N)C=CCC=C1/C=C/C1=C/C=C(CCCCCC2=CC=CC=CC2)\C=C\C#C1. The average molecular weight is 578 g/mol. The molecule has 0 fully saturated rings. The Morgan fingerprint density at radius 3 is 2.89 bits per heavy atom. The number of aromatic amines is 1. The number of nitrogens with one attached hydrogen (secondary N) is 2. The molecule has 222 valence electrons. The Labute approximate surface area is 263 Å². The lowest BCUT2D eigenvalue weighted by Crippen LogP contribution is -2.31. The molecule has 5 rings (SSSR count). The summed E-state index contributed by atoms with van der Waals surface area (Å²) in [5, 5.41) is 16.2. The maximum absolute atomic E-state index is 9.96. The number of rotatable bonds is 12. The highest BCUT2D eigenvalue weighted by Crippen LogP contribution is 2.24. The monoisotopic (exact) mass is 577 g/mol. The number of nitriles is 1. The fraction of sp³-hybridized carbons (Fsp3) is 0.293. The van der Waals surface area contributed by atoms with Crippen molar-refractivity contribution >= 4 is 11.6 Å². The van der Waals surface area contributed by atoms with Crippen LogP contribution >= 0.6 is 0 Å². The van der Waals surface area contributed by atoms with Crippen molar-refractivity contribution in [3.05, 3.63) is 141 Å². The van der Waals surface area contributed by atoms with Crippen LogP contribution < -0.4 is 15.9 Å². The van der Waals surface area contributed by atoms with Crippen LogP contribution in [0.15, 0.2) is 131 Å². The van der Waals surface area contributed by atoms with Crippen LogP contribution in [0.1, 0.15) is 64.7 Å². The minimum absolute atomic E-state index is 0.499. The summed E-state index contributed by atoms with van der Waals surface area (Å²) < 4.78 is 0. The molecule has 1 aromatic rings. The van der Waals surface area contributed by atoms with Crippen molar-refractivity contribution in [2.45, 2.75) is 64.7 Å². The topological polar surface area (TPSA) is 51.6 Å². The molecule has 4 aliphatic rings. The van der Waals surface area contributed by atoms with Crippen molar-refractivity contribution in [1.82, 2.24) is 10.3 Å². The molecular weight excluding hydrogens is 534 g/mol. The van der Waals surface area contributed by atoms with E-state index < -0.39 is 0 Å². The lowest BCUT2D eigenvalue weighted by Gasteiger charge is -2.20. The van der Waals surface area contributed by atoms with Gasteiger partial charge in [-0.3, -0.25) is 0 Å². The molecule has 0 saturated carbocycles. The number of nitrogens with zero attached hydrogens (tertiary/aromatic N) is 1. The minimum Gasteiger partial charge on any atom is -0.383 e. The van der Waals surface area contributed by atoms with E-state index in [1.54, 1.807) is 0 Å². The van der Waals surface area contributed by atoms with E-state index in [0.717, 1.165) is 55.5 Å². The van der Waals surface area contributed by atoms with Gasteiger partial charge in [0.15, 0.2) is 0 Å². The third-order valence-electron chi connectivity index (χ3n) is 8.70. The second-order valence-corrected chi connectivity index (χ2v) is 11.7. The zero-order valence-electron chi connectivity index (χ0n) is 25.9. The number of aromatic nitrogens is 1. The normalized spacial score (nSPS) is 22.4. The van der Waals surface area contributed by atoms with Gasteiger partial charge in [-0.1, -0.05) is 96.2 Å². The van der Waals surface area contributed by atoms with Crippen molar-refractivity contribution in [1.29, 1.82) is 5.26 Å². The Hall–Kier alpha value is -4.73. The predicted molar refractivity (Wildman–Crippen MR) is 185 cm³/mol. The molecule has 1 aromatic heterocycles. The van der Waals surface area contributed by atoms with Gasteiger partial charge in [0.25, 0.3) is 0 Å². The molecular formula is C41H43N3. The van der Waals surface area contributed by atoms with Crippen molar-refractivity contribution in [3.8, 4) is 17.9 Å². The number of H-pyrrole nitrogens is 1. The summed E-state index contributed by atoms with van der Waals surface area (Å²) in [7, 11) is 0. The predicted octanol–water partition coefficient (Wildman–Crippen LogP) is 8.00. The maximum atomic E-state index is 9.96. The van der Waals surface area contributed by atoms with E-state index in [4.69, 9.17) is 0 Å². The Balaban J connectivity index is 1.18. The summed E-state index contributed by atoms with van der Waals surface area (Å²) in [6, 6.07) is 4.59. The number of fused-ring (bicyclic) bond motifs is 1. The number of unbranched alkanes of at least 4 members (excludes halogenated alkanes) is 2. The van der Waals surface area contributed by atoms with Gasteiger partial charge in [-0.25, -0.2) is 0 Å². The van der Waals surface area contributed by atoms with Crippen LogP contribution in [0.5, 0.6) is 0 Å². The van der Waals surface area contributed by atoms with Crippen molar-refractivity contribution < 1.29 is 0 Å². The Morgan fingerprint density at radius 2 is 1.95 bits per heavy atom. The van der Waals surface area contributed by atoms with Gasteiger partial charge >= 0.3 is 0 Å². The first-order chi connectivity index (χ1) is 21.7. The third kappa shape index (κ3) is 8.65. The summed E-state index contributed by atoms with van der Waals surface area (Å²) >= 11 is 0. The summed E-state index contributed by atoms with van der Waals surface area (Å²) in [6.07, 6.45) is 43.9. The smallest absolute Gasteiger partial charge is 0.101 e. The molecule has 3 nitrogen and oxygen atoms in total. The summed E-state index contributed by atoms with van der Waals surface area (Å²) in [5.41, 5.74) is 7.86. The molecule has 0 saturated heterocycles. The van der Waals surface area contributed by atoms with Crippen LogP contribution in [0.2, 0.25) is 0 Å². The molecule has 3 heteroatoms. The third-order valence-corrected chi connectivity index (χ3v) is 8.70. The molecule has 0 bridgehead atoms. The molecule has 0 amide bonds. The molecule has 2 N–H and O–H groups in total. The van der Waals surface area contributed by atoms with Crippen LogP contribution in [0.25, 0.3) is 11.6 Å². The summed E-state index contributed by atoms with van der Waals surface area (Å²) in [6.45, 7) is 3.05. The van der Waals surface area contributed by atoms with Crippen LogP contribution in [0.3, 0.4) is 0 Å². The van der Waals surface area contributed by atoms with Crippen LogP contribution in [-0.2, 0) is 0 Å². The van der Waals surface area contributed by atoms with Crippen molar-refractivity contribution in [2.75, 3.05) is 6.54 Å². The Kier molecular flexibility index (Phi) is 11.3. The second-order valence-electron chi connectivity index (χ2n) is 11.7. The lowest BCUT2D eigenvalue weighted by molar-refractivity contribution is 0.589. The highest BCUT2D eigenvalue weighted by atomic mass is 14.9. The van der Waals surface area contributed by atoms with Gasteiger partial charge < -0.3 is 10.3 Å². The Bertz CT molecular complexity index is 1750. The van der Waals surface area contributed by atoms with E-state index in [1.165, 1.54) is 53.0 Å². The number of hydrogen-bond acceptors (Lipinski definition) is 2.